The second-order valence-electron chi connectivity index (χ2n) is 7.75. The summed E-state index contributed by atoms with van der Waals surface area (Å²) >= 11 is 0. The molecular formula is C27H25N3O3. The first-order chi connectivity index (χ1) is 15.9. The fourth-order valence-corrected chi connectivity index (χ4v) is 3.60. The van der Waals surface area contributed by atoms with Gasteiger partial charge in [0, 0.05) is 29.2 Å². The van der Waals surface area contributed by atoms with Crippen LogP contribution in [0.5, 0.6) is 5.75 Å². The molecule has 0 atom stereocenters. The molecule has 1 heterocycles. The van der Waals surface area contributed by atoms with Crippen molar-refractivity contribution in [3.63, 3.8) is 0 Å². The third-order valence-corrected chi connectivity index (χ3v) is 5.13. The number of anilines is 2. The number of amides is 2. The fourth-order valence-electron chi connectivity index (χ4n) is 3.60. The van der Waals surface area contributed by atoms with Crippen LogP contribution in [0.15, 0.2) is 72.8 Å². The first-order valence-electron chi connectivity index (χ1n) is 10.8. The quantitative estimate of drug-likeness (QED) is 0.397. The number of nitrogens with zero attached hydrogens (tertiary/aromatic N) is 1. The zero-order valence-corrected chi connectivity index (χ0v) is 18.8. The van der Waals surface area contributed by atoms with Crippen LogP contribution in [0.1, 0.15) is 29.8 Å². The van der Waals surface area contributed by atoms with E-state index in [9.17, 15) is 9.59 Å². The molecule has 166 valence electrons. The molecule has 0 bridgehead atoms. The first kappa shape index (κ1) is 22.0. The van der Waals surface area contributed by atoms with Gasteiger partial charge in [-0.3, -0.25) is 9.59 Å². The molecule has 0 aliphatic rings. The molecule has 4 aromatic rings. The summed E-state index contributed by atoms with van der Waals surface area (Å²) in [4.78, 5) is 29.4. The second kappa shape index (κ2) is 9.53. The summed E-state index contributed by atoms with van der Waals surface area (Å²) in [5, 5.41) is 6.52. The van der Waals surface area contributed by atoms with E-state index < -0.39 is 0 Å². The number of carbonyl (C=O) groups excluding carboxylic acids is 2. The average molecular weight is 440 g/mol. The molecule has 6 nitrogen and oxygen atoms in total. The van der Waals surface area contributed by atoms with Crippen LogP contribution in [0.2, 0.25) is 0 Å². The number of fused-ring (bicyclic) bond motifs is 1. The molecule has 6 heteroatoms. The van der Waals surface area contributed by atoms with Crippen LogP contribution in [0.25, 0.3) is 22.2 Å². The van der Waals surface area contributed by atoms with Gasteiger partial charge in [-0.25, -0.2) is 4.98 Å². The molecule has 4 rings (SSSR count). The normalized spacial score (nSPS) is 10.6. The van der Waals surface area contributed by atoms with Gasteiger partial charge in [-0.15, -0.1) is 0 Å². The molecule has 0 spiro atoms. The number of ether oxygens (including phenoxy) is 1. The van der Waals surface area contributed by atoms with Gasteiger partial charge in [0.05, 0.1) is 23.4 Å². The molecule has 0 unspecified atom stereocenters. The van der Waals surface area contributed by atoms with Gasteiger partial charge in [-0.05, 0) is 68.4 Å². The van der Waals surface area contributed by atoms with Crippen LogP contribution in [0, 0.1) is 6.92 Å². The van der Waals surface area contributed by atoms with Crippen LogP contribution in [0.4, 0.5) is 11.4 Å². The third kappa shape index (κ3) is 5.18. The maximum Gasteiger partial charge on any atom is 0.256 e. The Morgan fingerprint density at radius 3 is 2.21 bits per heavy atom. The van der Waals surface area contributed by atoms with E-state index in [1.807, 2.05) is 80.6 Å². The van der Waals surface area contributed by atoms with Crippen molar-refractivity contribution in [2.75, 3.05) is 17.2 Å². The highest BCUT2D eigenvalue weighted by Crippen LogP contribution is 2.27. The van der Waals surface area contributed by atoms with Crippen molar-refractivity contribution < 1.29 is 14.3 Å². The number of hydrogen-bond donors (Lipinski definition) is 2. The van der Waals surface area contributed by atoms with E-state index in [2.05, 4.69) is 10.6 Å². The number of pyridine rings is 1. The van der Waals surface area contributed by atoms with Gasteiger partial charge in [-0.1, -0.05) is 23.8 Å². The van der Waals surface area contributed by atoms with E-state index in [1.165, 1.54) is 6.92 Å². The Morgan fingerprint density at radius 1 is 0.879 bits per heavy atom. The molecule has 0 fully saturated rings. The summed E-state index contributed by atoms with van der Waals surface area (Å²) in [5.74, 6) is 0.411. The van der Waals surface area contributed by atoms with Gasteiger partial charge in [-0.2, -0.15) is 0 Å². The lowest BCUT2D eigenvalue weighted by atomic mass is 10.0. The van der Waals surface area contributed by atoms with Crippen molar-refractivity contribution in [1.29, 1.82) is 0 Å². The highest BCUT2D eigenvalue weighted by molar-refractivity contribution is 6.13. The molecule has 3 aromatic carbocycles. The van der Waals surface area contributed by atoms with Crippen molar-refractivity contribution >= 4 is 34.1 Å². The van der Waals surface area contributed by atoms with Crippen molar-refractivity contribution in [2.24, 2.45) is 0 Å². The first-order valence-corrected chi connectivity index (χ1v) is 10.8. The van der Waals surface area contributed by atoms with Crippen LogP contribution in [-0.2, 0) is 4.79 Å². The van der Waals surface area contributed by atoms with Crippen LogP contribution < -0.4 is 15.4 Å². The Kier molecular flexibility index (Phi) is 6.36. The molecule has 0 radical (unpaired) electrons. The highest BCUT2D eigenvalue weighted by Gasteiger charge is 2.15. The Balaban J connectivity index is 1.70. The average Bonchev–Trinajstić information content (AvgIpc) is 2.80. The number of carbonyl (C=O) groups is 2. The Labute approximate surface area is 192 Å². The van der Waals surface area contributed by atoms with E-state index in [1.54, 1.807) is 6.07 Å². The number of nitrogens with one attached hydrogen (secondary N) is 2. The summed E-state index contributed by atoms with van der Waals surface area (Å²) in [5.41, 5.74) is 5.24. The van der Waals surface area contributed by atoms with Crippen LogP contribution >= 0.6 is 0 Å². The Hall–Kier alpha value is -4.19. The molecule has 0 saturated heterocycles. The maximum atomic E-state index is 13.3. The lowest BCUT2D eigenvalue weighted by molar-refractivity contribution is -0.114. The summed E-state index contributed by atoms with van der Waals surface area (Å²) in [6.07, 6.45) is 0. The Morgan fingerprint density at radius 2 is 1.55 bits per heavy atom. The van der Waals surface area contributed by atoms with E-state index in [-0.39, 0.29) is 11.8 Å². The van der Waals surface area contributed by atoms with Crippen molar-refractivity contribution in [3.8, 4) is 17.0 Å². The van der Waals surface area contributed by atoms with Crippen LogP contribution in [0.3, 0.4) is 0 Å². The predicted molar refractivity (Wildman–Crippen MR) is 132 cm³/mol. The minimum Gasteiger partial charge on any atom is -0.494 e. The van der Waals surface area contributed by atoms with E-state index in [0.29, 0.717) is 29.2 Å². The monoisotopic (exact) mass is 439 g/mol. The zero-order valence-electron chi connectivity index (χ0n) is 18.8. The largest absolute Gasteiger partial charge is 0.494 e. The standard InChI is InChI=1S/C27H25N3O3/c1-4-33-22-12-10-21(11-13-22)29-27(32)24-16-26(30-25-14-5-17(2)15-23(24)25)19-6-8-20(9-7-19)28-18(3)31/h5-16H,4H2,1-3H3,(H,28,31)(H,29,32). The number of aryl methyl sites for hydroxylation is 1. The Bertz CT molecular complexity index is 1310. The van der Waals surface area contributed by atoms with Crippen molar-refractivity contribution in [3.05, 3.63) is 83.9 Å². The van der Waals surface area contributed by atoms with Crippen molar-refractivity contribution in [1.82, 2.24) is 4.98 Å². The lowest BCUT2D eigenvalue weighted by Gasteiger charge is -2.12. The molecule has 1 aromatic heterocycles. The number of rotatable bonds is 6. The maximum absolute atomic E-state index is 13.3. The summed E-state index contributed by atoms with van der Waals surface area (Å²) in [6, 6.07) is 22.4. The third-order valence-electron chi connectivity index (χ3n) is 5.13. The molecular weight excluding hydrogens is 414 g/mol. The fraction of sp³-hybridized carbons (Fsp3) is 0.148. The number of hydrogen-bond acceptors (Lipinski definition) is 4. The molecule has 0 saturated carbocycles. The van der Waals surface area contributed by atoms with Gasteiger partial charge >= 0.3 is 0 Å². The molecule has 2 amide bonds. The topological polar surface area (TPSA) is 80.3 Å². The molecule has 0 aliphatic carbocycles. The molecule has 0 aliphatic heterocycles. The number of aromatic nitrogens is 1. The molecule has 2 N–H and O–H groups in total. The number of benzene rings is 3. The minimum atomic E-state index is -0.215. The van der Waals surface area contributed by atoms with Gasteiger partial charge in [0.25, 0.3) is 5.91 Å². The van der Waals surface area contributed by atoms with Crippen LogP contribution in [-0.4, -0.2) is 23.4 Å². The van der Waals surface area contributed by atoms with E-state index in [4.69, 9.17) is 9.72 Å². The van der Waals surface area contributed by atoms with Crippen molar-refractivity contribution in [2.45, 2.75) is 20.8 Å². The predicted octanol–water partition coefficient (Wildman–Crippen LogP) is 5.82. The smallest absolute Gasteiger partial charge is 0.256 e. The summed E-state index contributed by atoms with van der Waals surface area (Å²) in [7, 11) is 0. The summed E-state index contributed by atoms with van der Waals surface area (Å²) < 4.78 is 5.47. The summed E-state index contributed by atoms with van der Waals surface area (Å²) in [6.45, 7) is 5.97. The zero-order chi connectivity index (χ0) is 23.4. The van der Waals surface area contributed by atoms with Gasteiger partial charge < -0.3 is 15.4 Å². The van der Waals surface area contributed by atoms with Gasteiger partial charge in [0.1, 0.15) is 5.75 Å². The van der Waals surface area contributed by atoms with E-state index >= 15 is 0 Å². The SMILES string of the molecule is CCOc1ccc(NC(=O)c2cc(-c3ccc(NC(C)=O)cc3)nc3ccc(C)cc23)cc1. The highest BCUT2D eigenvalue weighted by atomic mass is 16.5. The minimum absolute atomic E-state index is 0.129. The van der Waals surface area contributed by atoms with Gasteiger partial charge in [0.2, 0.25) is 5.91 Å². The lowest BCUT2D eigenvalue weighted by Crippen LogP contribution is -2.13. The van der Waals surface area contributed by atoms with E-state index in [0.717, 1.165) is 27.8 Å². The second-order valence-corrected chi connectivity index (χ2v) is 7.75. The van der Waals surface area contributed by atoms with Gasteiger partial charge in [0.15, 0.2) is 0 Å². The molecule has 33 heavy (non-hydrogen) atoms.